The Morgan fingerprint density at radius 1 is 1.17 bits per heavy atom. The van der Waals surface area contributed by atoms with Crippen LogP contribution in [0.25, 0.3) is 0 Å². The molecule has 2 rings (SSSR count). The first-order valence-electron chi connectivity index (χ1n) is 6.90. The van der Waals surface area contributed by atoms with E-state index in [2.05, 4.69) is 17.4 Å². The molecule has 0 atom stereocenters. The predicted octanol–water partition coefficient (Wildman–Crippen LogP) is 3.26. The minimum absolute atomic E-state index is 0.232. The van der Waals surface area contributed by atoms with Crippen LogP contribution in [-0.2, 0) is 0 Å². The number of carbonyl (C=O) groups is 1. The predicted molar refractivity (Wildman–Crippen MR) is 75.1 cm³/mol. The molecule has 98 valence electrons. The van der Waals surface area contributed by atoms with Gasteiger partial charge in [-0.25, -0.2) is 0 Å². The number of ketones is 1. The van der Waals surface area contributed by atoms with Crippen molar-refractivity contribution in [1.82, 2.24) is 5.32 Å². The monoisotopic (exact) mass is 245 g/mol. The fraction of sp³-hybridized carbons (Fsp3) is 0.562. The summed E-state index contributed by atoms with van der Waals surface area (Å²) in [5.41, 5.74) is 3.22. The minimum Gasteiger partial charge on any atom is -0.317 e. The van der Waals surface area contributed by atoms with Crippen molar-refractivity contribution in [3.8, 4) is 0 Å². The van der Waals surface area contributed by atoms with Crippen LogP contribution < -0.4 is 5.32 Å². The second kappa shape index (κ2) is 5.66. The van der Waals surface area contributed by atoms with E-state index in [1.807, 2.05) is 27.0 Å². The molecule has 1 N–H and O–H groups in total. The fourth-order valence-electron chi connectivity index (χ4n) is 2.87. The highest BCUT2D eigenvalue weighted by molar-refractivity contribution is 5.99. The van der Waals surface area contributed by atoms with Crippen LogP contribution in [0.3, 0.4) is 0 Å². The molecule has 0 saturated heterocycles. The van der Waals surface area contributed by atoms with E-state index in [-0.39, 0.29) is 5.92 Å². The lowest BCUT2D eigenvalue weighted by Gasteiger charge is -2.27. The number of nitrogens with one attached hydrogen (secondary N) is 1. The molecule has 0 spiro atoms. The molecule has 1 saturated carbocycles. The smallest absolute Gasteiger partial charge is 0.166 e. The van der Waals surface area contributed by atoms with Crippen molar-refractivity contribution in [2.45, 2.75) is 45.6 Å². The zero-order valence-electron chi connectivity index (χ0n) is 11.6. The first kappa shape index (κ1) is 13.3. The standard InChI is InChI=1S/C16H23NO/c1-11-4-5-12(2)15(10-11)16(18)13-6-8-14(17-3)9-7-13/h4-5,10,13-14,17H,6-9H2,1-3H3. The van der Waals surface area contributed by atoms with Crippen molar-refractivity contribution in [3.05, 3.63) is 34.9 Å². The zero-order chi connectivity index (χ0) is 13.1. The first-order valence-corrected chi connectivity index (χ1v) is 6.90. The van der Waals surface area contributed by atoms with Crippen molar-refractivity contribution in [3.63, 3.8) is 0 Å². The molecule has 1 fully saturated rings. The van der Waals surface area contributed by atoms with E-state index < -0.39 is 0 Å². The largest absolute Gasteiger partial charge is 0.317 e. The molecule has 1 aliphatic rings. The van der Waals surface area contributed by atoms with Gasteiger partial charge in [0.05, 0.1) is 0 Å². The van der Waals surface area contributed by atoms with Crippen LogP contribution in [0.2, 0.25) is 0 Å². The summed E-state index contributed by atoms with van der Waals surface area (Å²) in [5.74, 6) is 0.584. The summed E-state index contributed by atoms with van der Waals surface area (Å²) >= 11 is 0. The Morgan fingerprint density at radius 2 is 1.83 bits per heavy atom. The van der Waals surface area contributed by atoms with Crippen LogP contribution >= 0.6 is 0 Å². The van der Waals surface area contributed by atoms with E-state index in [9.17, 15) is 4.79 Å². The molecule has 0 unspecified atom stereocenters. The molecule has 0 aromatic heterocycles. The molecule has 0 amide bonds. The maximum atomic E-state index is 12.5. The molecule has 0 aliphatic heterocycles. The number of benzene rings is 1. The molecule has 1 aliphatic carbocycles. The Hall–Kier alpha value is -1.15. The number of aryl methyl sites for hydroxylation is 2. The van der Waals surface area contributed by atoms with Gasteiger partial charge in [-0.05, 0) is 58.2 Å². The summed E-state index contributed by atoms with van der Waals surface area (Å²) in [5, 5.41) is 3.31. The maximum Gasteiger partial charge on any atom is 0.166 e. The summed E-state index contributed by atoms with van der Waals surface area (Å²) in [6.45, 7) is 4.08. The molecule has 1 aromatic carbocycles. The molecular weight excluding hydrogens is 222 g/mol. The Kier molecular flexibility index (Phi) is 4.18. The third-order valence-corrected chi connectivity index (χ3v) is 4.16. The number of hydrogen-bond donors (Lipinski definition) is 1. The Labute approximate surface area is 110 Å². The van der Waals surface area contributed by atoms with Crippen LogP contribution in [0, 0.1) is 19.8 Å². The molecule has 0 radical (unpaired) electrons. The van der Waals surface area contributed by atoms with Gasteiger partial charge in [-0.15, -0.1) is 0 Å². The van der Waals surface area contributed by atoms with E-state index in [0.29, 0.717) is 11.8 Å². The maximum absolute atomic E-state index is 12.5. The average molecular weight is 245 g/mol. The Bertz CT molecular complexity index is 431. The molecular formula is C16H23NO. The van der Waals surface area contributed by atoms with Gasteiger partial charge in [0.25, 0.3) is 0 Å². The molecule has 2 heteroatoms. The van der Waals surface area contributed by atoms with Crippen LogP contribution in [0.4, 0.5) is 0 Å². The molecule has 0 heterocycles. The number of rotatable bonds is 3. The third kappa shape index (κ3) is 2.81. The summed E-state index contributed by atoms with van der Waals surface area (Å²) in [7, 11) is 2.01. The lowest BCUT2D eigenvalue weighted by molar-refractivity contribution is 0.0880. The van der Waals surface area contributed by atoms with Gasteiger partial charge in [0.2, 0.25) is 0 Å². The van der Waals surface area contributed by atoms with Crippen LogP contribution in [0.15, 0.2) is 18.2 Å². The van der Waals surface area contributed by atoms with Crippen molar-refractivity contribution in [2.24, 2.45) is 5.92 Å². The van der Waals surface area contributed by atoms with Gasteiger partial charge in [-0.2, -0.15) is 0 Å². The first-order chi connectivity index (χ1) is 8.61. The van der Waals surface area contributed by atoms with Crippen LogP contribution in [-0.4, -0.2) is 18.9 Å². The number of carbonyl (C=O) groups excluding carboxylic acids is 1. The highest BCUT2D eigenvalue weighted by atomic mass is 16.1. The number of Topliss-reactive ketones (excluding diaryl/α,β-unsaturated/α-hetero) is 1. The van der Waals surface area contributed by atoms with Gasteiger partial charge in [0.1, 0.15) is 0 Å². The van der Waals surface area contributed by atoms with Gasteiger partial charge in [-0.1, -0.05) is 17.7 Å². The van der Waals surface area contributed by atoms with E-state index >= 15 is 0 Å². The molecule has 2 nitrogen and oxygen atoms in total. The van der Waals surface area contributed by atoms with Gasteiger partial charge in [0.15, 0.2) is 5.78 Å². The van der Waals surface area contributed by atoms with Crippen LogP contribution in [0.1, 0.15) is 47.2 Å². The summed E-state index contributed by atoms with van der Waals surface area (Å²) in [6, 6.07) is 6.78. The zero-order valence-corrected chi connectivity index (χ0v) is 11.6. The van der Waals surface area contributed by atoms with E-state index in [0.717, 1.165) is 36.8 Å². The molecule has 1 aromatic rings. The van der Waals surface area contributed by atoms with Crippen molar-refractivity contribution in [1.29, 1.82) is 0 Å². The average Bonchev–Trinajstić information content (AvgIpc) is 2.41. The second-order valence-electron chi connectivity index (χ2n) is 5.52. The molecule has 18 heavy (non-hydrogen) atoms. The highest BCUT2D eigenvalue weighted by Gasteiger charge is 2.26. The Balaban J connectivity index is 2.10. The summed E-state index contributed by atoms with van der Waals surface area (Å²) in [6.07, 6.45) is 4.30. The van der Waals surface area contributed by atoms with E-state index in [1.54, 1.807) is 0 Å². The fourth-order valence-corrected chi connectivity index (χ4v) is 2.87. The summed E-state index contributed by atoms with van der Waals surface area (Å²) in [4.78, 5) is 12.5. The Morgan fingerprint density at radius 3 is 2.44 bits per heavy atom. The van der Waals surface area contributed by atoms with Crippen molar-refractivity contribution in [2.75, 3.05) is 7.05 Å². The van der Waals surface area contributed by atoms with Crippen molar-refractivity contribution < 1.29 is 4.79 Å². The van der Waals surface area contributed by atoms with Gasteiger partial charge in [0, 0.05) is 17.5 Å². The lowest BCUT2D eigenvalue weighted by Crippen LogP contribution is -2.32. The third-order valence-electron chi connectivity index (χ3n) is 4.16. The van der Waals surface area contributed by atoms with Gasteiger partial charge >= 0.3 is 0 Å². The molecule has 0 bridgehead atoms. The lowest BCUT2D eigenvalue weighted by atomic mass is 9.80. The minimum atomic E-state index is 0.232. The van der Waals surface area contributed by atoms with E-state index in [4.69, 9.17) is 0 Å². The summed E-state index contributed by atoms with van der Waals surface area (Å²) < 4.78 is 0. The SMILES string of the molecule is CNC1CCC(C(=O)c2cc(C)ccc2C)CC1. The van der Waals surface area contributed by atoms with Gasteiger partial charge < -0.3 is 5.32 Å². The topological polar surface area (TPSA) is 29.1 Å². The van der Waals surface area contributed by atoms with Gasteiger partial charge in [-0.3, -0.25) is 4.79 Å². The normalized spacial score (nSPS) is 23.9. The quantitative estimate of drug-likeness (QED) is 0.828. The van der Waals surface area contributed by atoms with Crippen LogP contribution in [0.5, 0.6) is 0 Å². The van der Waals surface area contributed by atoms with E-state index in [1.165, 1.54) is 5.56 Å². The number of hydrogen-bond acceptors (Lipinski definition) is 2. The van der Waals surface area contributed by atoms with Crippen molar-refractivity contribution >= 4 is 5.78 Å². The highest BCUT2D eigenvalue weighted by Crippen LogP contribution is 2.28. The second-order valence-corrected chi connectivity index (χ2v) is 5.52.